The summed E-state index contributed by atoms with van der Waals surface area (Å²) < 4.78 is 0. The Morgan fingerprint density at radius 3 is 2.62 bits per heavy atom. The lowest BCUT2D eigenvalue weighted by atomic mass is 10.2. The van der Waals surface area contributed by atoms with Gasteiger partial charge in [0.05, 0.1) is 21.2 Å². The van der Waals surface area contributed by atoms with Crippen LogP contribution >= 0.6 is 23.1 Å². The lowest BCUT2D eigenvalue weighted by Crippen LogP contribution is -2.14. The molecule has 1 amide bonds. The summed E-state index contributed by atoms with van der Waals surface area (Å²) in [5.41, 5.74) is 2.97. The van der Waals surface area contributed by atoms with E-state index in [4.69, 9.17) is 0 Å². The van der Waals surface area contributed by atoms with Gasteiger partial charge in [-0.25, -0.2) is 4.98 Å². The van der Waals surface area contributed by atoms with Gasteiger partial charge in [-0.1, -0.05) is 48.2 Å². The van der Waals surface area contributed by atoms with Crippen LogP contribution in [-0.2, 0) is 4.79 Å². The van der Waals surface area contributed by atoms with Crippen LogP contribution < -0.4 is 5.32 Å². The van der Waals surface area contributed by atoms with Gasteiger partial charge >= 0.3 is 0 Å². The molecule has 8 nitrogen and oxygen atoms in total. The lowest BCUT2D eigenvalue weighted by Gasteiger charge is -2.05. The van der Waals surface area contributed by atoms with E-state index in [2.05, 4.69) is 20.5 Å². The number of thiazole rings is 1. The van der Waals surface area contributed by atoms with Crippen LogP contribution in [0.2, 0.25) is 0 Å². The predicted octanol–water partition coefficient (Wildman–Crippen LogP) is 5.21. The number of nitrogens with one attached hydrogen (secondary N) is 1. The van der Waals surface area contributed by atoms with E-state index in [9.17, 15) is 14.9 Å². The summed E-state index contributed by atoms with van der Waals surface area (Å²) in [5.74, 6) is -0.179. The molecule has 2 aromatic heterocycles. The minimum atomic E-state index is -0.505. The normalized spacial score (nSPS) is 10.7. The number of thioether (sulfide) groups is 1. The van der Waals surface area contributed by atoms with Crippen LogP contribution in [0.3, 0.4) is 0 Å². The maximum Gasteiger partial charge on any atom is 0.271 e. The number of nitro groups is 1. The molecule has 0 atom stereocenters. The molecule has 0 fully saturated rings. The van der Waals surface area contributed by atoms with E-state index in [0.717, 1.165) is 26.8 Å². The Morgan fingerprint density at radius 2 is 1.91 bits per heavy atom. The highest BCUT2D eigenvalue weighted by atomic mass is 32.2. The van der Waals surface area contributed by atoms with Crippen LogP contribution in [0.25, 0.3) is 21.1 Å². The highest BCUT2D eigenvalue weighted by molar-refractivity contribution is 7.99. The molecule has 10 heteroatoms. The molecule has 2 aromatic carbocycles. The maximum atomic E-state index is 12.2. The number of carbonyl (C=O) groups is 1. The molecule has 0 saturated heterocycles. The Labute approximate surface area is 191 Å². The first-order valence-corrected chi connectivity index (χ1v) is 11.3. The van der Waals surface area contributed by atoms with Gasteiger partial charge in [-0.05, 0) is 25.1 Å². The first kappa shape index (κ1) is 21.6. The second-order valence-electron chi connectivity index (χ2n) is 6.70. The zero-order chi connectivity index (χ0) is 22.5. The van der Waals surface area contributed by atoms with Gasteiger partial charge in [0.15, 0.2) is 0 Å². The number of aryl methyl sites for hydroxylation is 1. The van der Waals surface area contributed by atoms with Crippen LogP contribution in [0.15, 0.2) is 71.8 Å². The van der Waals surface area contributed by atoms with Crippen molar-refractivity contribution in [3.8, 4) is 21.1 Å². The predicted molar refractivity (Wildman–Crippen MR) is 126 cm³/mol. The fourth-order valence-corrected chi connectivity index (χ4v) is 4.54. The van der Waals surface area contributed by atoms with Crippen molar-refractivity contribution in [2.75, 3.05) is 11.1 Å². The summed E-state index contributed by atoms with van der Waals surface area (Å²) in [7, 11) is 0. The molecule has 1 N–H and O–H groups in total. The van der Waals surface area contributed by atoms with Gasteiger partial charge in [0.2, 0.25) is 5.91 Å². The molecular formula is C22H17N5O3S2. The van der Waals surface area contributed by atoms with E-state index in [1.165, 1.54) is 30.0 Å². The van der Waals surface area contributed by atoms with Gasteiger partial charge in [-0.3, -0.25) is 14.9 Å². The molecule has 32 heavy (non-hydrogen) atoms. The molecule has 0 radical (unpaired) electrons. The fraction of sp³-hybridized carbons (Fsp3) is 0.0909. The lowest BCUT2D eigenvalue weighted by molar-refractivity contribution is -0.384. The van der Waals surface area contributed by atoms with Crippen LogP contribution in [0, 0.1) is 17.0 Å². The van der Waals surface area contributed by atoms with Crippen molar-refractivity contribution in [2.24, 2.45) is 0 Å². The summed E-state index contributed by atoms with van der Waals surface area (Å²) >= 11 is 2.80. The number of hydrogen-bond acceptors (Lipinski definition) is 8. The molecular weight excluding hydrogens is 446 g/mol. The molecule has 0 aliphatic carbocycles. The zero-order valence-corrected chi connectivity index (χ0v) is 18.5. The van der Waals surface area contributed by atoms with Crippen molar-refractivity contribution in [1.29, 1.82) is 0 Å². The van der Waals surface area contributed by atoms with Crippen LogP contribution in [-0.4, -0.2) is 31.8 Å². The topological polar surface area (TPSA) is 111 Å². The third-order valence-electron chi connectivity index (χ3n) is 4.38. The van der Waals surface area contributed by atoms with E-state index < -0.39 is 4.92 Å². The first-order chi connectivity index (χ1) is 15.5. The number of aromatic nitrogens is 3. The van der Waals surface area contributed by atoms with Gasteiger partial charge in [0.25, 0.3) is 5.69 Å². The number of amides is 1. The van der Waals surface area contributed by atoms with Crippen LogP contribution in [0.4, 0.5) is 11.4 Å². The molecule has 0 spiro atoms. The summed E-state index contributed by atoms with van der Waals surface area (Å²) in [6, 6.07) is 19.5. The van der Waals surface area contributed by atoms with Gasteiger partial charge < -0.3 is 5.32 Å². The van der Waals surface area contributed by atoms with Gasteiger partial charge in [0.1, 0.15) is 15.7 Å². The second kappa shape index (κ2) is 9.67. The summed E-state index contributed by atoms with van der Waals surface area (Å²) in [6.07, 6.45) is 0. The van der Waals surface area contributed by atoms with Gasteiger partial charge in [-0.2, -0.15) is 0 Å². The largest absolute Gasteiger partial charge is 0.325 e. The summed E-state index contributed by atoms with van der Waals surface area (Å²) in [6.45, 7) is 1.95. The molecule has 2 heterocycles. The number of nitro benzene ring substituents is 1. The number of anilines is 1. The Bertz CT molecular complexity index is 1260. The number of hydrogen-bond donors (Lipinski definition) is 1. The van der Waals surface area contributed by atoms with Crippen LogP contribution in [0.1, 0.15) is 5.69 Å². The van der Waals surface area contributed by atoms with E-state index in [1.807, 2.05) is 49.4 Å². The monoisotopic (exact) mass is 463 g/mol. The molecule has 0 saturated carbocycles. The molecule has 0 aliphatic heterocycles. The Morgan fingerprint density at radius 1 is 1.09 bits per heavy atom. The number of rotatable bonds is 7. The van der Waals surface area contributed by atoms with E-state index >= 15 is 0 Å². The second-order valence-corrected chi connectivity index (χ2v) is 8.70. The quantitative estimate of drug-likeness (QED) is 0.227. The Balaban J connectivity index is 1.38. The van der Waals surface area contributed by atoms with Crippen molar-refractivity contribution >= 4 is 40.4 Å². The standard InChI is InChI=1S/C22H17N5O3S2/c1-14-21(32-22(23-14)15-6-3-2-4-7-15)18-10-11-20(26-25-18)31-13-19(28)24-16-8-5-9-17(12-16)27(29)30/h2-12H,13H2,1H3,(H,24,28). The van der Waals surface area contributed by atoms with Crippen LogP contribution in [0.5, 0.6) is 0 Å². The maximum absolute atomic E-state index is 12.2. The van der Waals surface area contributed by atoms with Gasteiger partial charge in [-0.15, -0.1) is 21.5 Å². The minimum absolute atomic E-state index is 0.0781. The third kappa shape index (κ3) is 5.16. The van der Waals surface area contributed by atoms with Crippen molar-refractivity contribution < 1.29 is 9.72 Å². The Kier molecular flexibility index (Phi) is 6.52. The van der Waals surface area contributed by atoms with E-state index in [0.29, 0.717) is 10.7 Å². The number of non-ortho nitro benzene ring substituents is 1. The first-order valence-electron chi connectivity index (χ1n) is 9.53. The molecule has 0 aliphatic rings. The number of carbonyl (C=O) groups excluding carboxylic acids is 1. The van der Waals surface area contributed by atoms with Gasteiger partial charge in [0, 0.05) is 23.4 Å². The molecule has 0 bridgehead atoms. The number of benzene rings is 2. The molecule has 4 aromatic rings. The average molecular weight is 464 g/mol. The minimum Gasteiger partial charge on any atom is -0.325 e. The van der Waals surface area contributed by atoms with Crippen molar-refractivity contribution in [3.05, 3.63) is 82.5 Å². The van der Waals surface area contributed by atoms with Crippen molar-refractivity contribution in [1.82, 2.24) is 15.2 Å². The summed E-state index contributed by atoms with van der Waals surface area (Å²) in [5, 5.41) is 23.5. The zero-order valence-electron chi connectivity index (χ0n) is 16.9. The molecule has 0 unspecified atom stereocenters. The number of nitrogens with zero attached hydrogens (tertiary/aromatic N) is 4. The smallest absolute Gasteiger partial charge is 0.271 e. The van der Waals surface area contributed by atoms with E-state index in [-0.39, 0.29) is 17.3 Å². The molecule has 4 rings (SSSR count). The third-order valence-corrected chi connectivity index (χ3v) is 6.53. The highest BCUT2D eigenvalue weighted by Crippen LogP contribution is 2.34. The van der Waals surface area contributed by atoms with Crippen molar-refractivity contribution in [2.45, 2.75) is 11.9 Å². The van der Waals surface area contributed by atoms with Crippen molar-refractivity contribution in [3.63, 3.8) is 0 Å². The fourth-order valence-electron chi connectivity index (χ4n) is 2.89. The Hall–Kier alpha value is -3.63. The SMILES string of the molecule is Cc1nc(-c2ccccc2)sc1-c1ccc(SCC(=O)Nc2cccc([N+](=O)[O-])c2)nn1. The summed E-state index contributed by atoms with van der Waals surface area (Å²) in [4.78, 5) is 28.1. The average Bonchev–Trinajstić information content (AvgIpc) is 3.20. The highest BCUT2D eigenvalue weighted by Gasteiger charge is 2.14. The van der Waals surface area contributed by atoms with E-state index in [1.54, 1.807) is 17.4 Å². The molecule has 160 valence electrons.